The van der Waals surface area contributed by atoms with E-state index in [1.165, 1.54) is 4.57 Å². The van der Waals surface area contributed by atoms with Gasteiger partial charge in [0.25, 0.3) is 5.56 Å². The molecule has 0 aliphatic carbocycles. The normalized spacial score (nSPS) is 11.1. The average Bonchev–Trinajstić information content (AvgIpc) is 2.95. The molecule has 0 amide bonds. The molecule has 3 aromatic rings. The maximum Gasteiger partial charge on any atom is 0.273 e. The van der Waals surface area contributed by atoms with Crippen LogP contribution in [0.5, 0.6) is 0 Å². The number of aryl methyl sites for hydroxylation is 1. The lowest BCUT2D eigenvalue weighted by molar-refractivity contribution is 0.975. The molecule has 0 aliphatic heterocycles. The van der Waals surface area contributed by atoms with Crippen molar-refractivity contribution in [3.63, 3.8) is 0 Å². The summed E-state index contributed by atoms with van der Waals surface area (Å²) in [5.41, 5.74) is 2.83. The highest BCUT2D eigenvalue weighted by Gasteiger charge is 2.14. The van der Waals surface area contributed by atoms with E-state index in [1.807, 2.05) is 43.3 Å². The minimum atomic E-state index is -0.287. The third-order valence-corrected chi connectivity index (χ3v) is 5.58. The van der Waals surface area contributed by atoms with Crippen LogP contribution in [0, 0.1) is 36.5 Å². The zero-order valence-electron chi connectivity index (χ0n) is 14.7. The van der Waals surface area contributed by atoms with E-state index < -0.39 is 0 Å². The summed E-state index contributed by atoms with van der Waals surface area (Å²) in [4.78, 5) is 13.1. The lowest BCUT2D eigenvalue weighted by Crippen LogP contribution is -2.31. The fraction of sp³-hybridized carbons (Fsp3) is 0.0952. The molecule has 4 nitrogen and oxygen atoms in total. The Morgan fingerprint density at radius 1 is 1.15 bits per heavy atom. The van der Waals surface area contributed by atoms with Crippen LogP contribution >= 0.6 is 22.9 Å². The van der Waals surface area contributed by atoms with Crippen LogP contribution in [0.4, 0.5) is 0 Å². The van der Waals surface area contributed by atoms with Crippen molar-refractivity contribution in [2.45, 2.75) is 13.8 Å². The topological polar surface area (TPSA) is 69.6 Å². The van der Waals surface area contributed by atoms with Crippen molar-refractivity contribution in [3.8, 4) is 17.8 Å². The molecule has 0 bridgehead atoms. The van der Waals surface area contributed by atoms with E-state index in [4.69, 9.17) is 11.6 Å². The third-order valence-electron chi connectivity index (χ3n) is 4.08. The third kappa shape index (κ3) is 3.57. The van der Waals surface area contributed by atoms with Crippen molar-refractivity contribution in [1.29, 1.82) is 10.5 Å². The number of hydrogen-bond acceptors (Lipinski definition) is 4. The Balaban J connectivity index is 2.45. The van der Waals surface area contributed by atoms with Crippen LogP contribution in [0.3, 0.4) is 0 Å². The smallest absolute Gasteiger partial charge is 0.267 e. The number of hydrogen-bond donors (Lipinski definition) is 0. The monoisotopic (exact) mass is 391 g/mol. The van der Waals surface area contributed by atoms with Crippen molar-refractivity contribution in [3.05, 3.63) is 83.7 Å². The molecule has 132 valence electrons. The molecule has 0 N–H and O–H groups in total. The number of nitriles is 2. The highest BCUT2D eigenvalue weighted by Crippen LogP contribution is 2.20. The molecule has 0 atom stereocenters. The van der Waals surface area contributed by atoms with E-state index in [2.05, 4.69) is 0 Å². The second-order valence-electron chi connectivity index (χ2n) is 5.95. The predicted molar refractivity (Wildman–Crippen MR) is 108 cm³/mol. The van der Waals surface area contributed by atoms with Crippen LogP contribution in [-0.2, 0) is 0 Å². The standard InChI is InChI=1S/C21H14ClN3OS/c1-13-5-3-6-15(9-13)10-19-20(26)25(21(27-19)16(11-23)12-24)18-8-4-7-17(22)14(18)2/h3-10H,1-2H3/b19-10-. The highest BCUT2D eigenvalue weighted by atomic mass is 35.5. The molecule has 0 saturated heterocycles. The van der Waals surface area contributed by atoms with Crippen molar-refractivity contribution in [2.24, 2.45) is 0 Å². The van der Waals surface area contributed by atoms with E-state index >= 15 is 0 Å². The highest BCUT2D eigenvalue weighted by molar-refractivity contribution is 7.07. The molecule has 0 spiro atoms. The van der Waals surface area contributed by atoms with Gasteiger partial charge < -0.3 is 0 Å². The summed E-state index contributed by atoms with van der Waals surface area (Å²) >= 11 is 7.34. The predicted octanol–water partition coefficient (Wildman–Crippen LogP) is 3.20. The van der Waals surface area contributed by atoms with Crippen molar-refractivity contribution >= 4 is 34.6 Å². The van der Waals surface area contributed by atoms with Crippen LogP contribution in [-0.4, -0.2) is 4.57 Å². The van der Waals surface area contributed by atoms with Gasteiger partial charge in [0.1, 0.15) is 16.8 Å². The average molecular weight is 392 g/mol. The molecule has 6 heteroatoms. The van der Waals surface area contributed by atoms with Crippen LogP contribution < -0.4 is 14.8 Å². The van der Waals surface area contributed by atoms with Crippen molar-refractivity contribution < 1.29 is 0 Å². The Kier molecular flexibility index (Phi) is 5.28. The van der Waals surface area contributed by atoms with E-state index in [-0.39, 0.29) is 11.1 Å². The molecule has 0 radical (unpaired) electrons. The van der Waals surface area contributed by atoms with Gasteiger partial charge in [0, 0.05) is 5.02 Å². The zero-order valence-corrected chi connectivity index (χ0v) is 16.2. The summed E-state index contributed by atoms with van der Waals surface area (Å²) in [6.45, 7) is 3.77. The summed E-state index contributed by atoms with van der Waals surface area (Å²) in [5, 5.41) is 19.2. The minimum absolute atomic E-state index is 0.111. The molecule has 1 heterocycles. The lowest BCUT2D eigenvalue weighted by atomic mass is 10.1. The van der Waals surface area contributed by atoms with Gasteiger partial charge in [-0.2, -0.15) is 10.5 Å². The summed E-state index contributed by atoms with van der Waals surface area (Å²) in [7, 11) is 0. The maximum absolute atomic E-state index is 13.1. The molecule has 2 aromatic carbocycles. The Morgan fingerprint density at radius 2 is 1.85 bits per heavy atom. The van der Waals surface area contributed by atoms with Gasteiger partial charge in [-0.05, 0) is 43.2 Å². The largest absolute Gasteiger partial charge is 0.273 e. The number of nitrogens with zero attached hydrogens (tertiary/aromatic N) is 3. The van der Waals surface area contributed by atoms with Crippen molar-refractivity contribution in [1.82, 2.24) is 4.57 Å². The Hall–Kier alpha value is -3.12. The van der Waals surface area contributed by atoms with Gasteiger partial charge in [-0.25, -0.2) is 0 Å². The Morgan fingerprint density at radius 3 is 2.52 bits per heavy atom. The van der Waals surface area contributed by atoms with Crippen LogP contribution in [0.2, 0.25) is 5.02 Å². The summed E-state index contributed by atoms with van der Waals surface area (Å²) < 4.78 is 2.14. The summed E-state index contributed by atoms with van der Waals surface area (Å²) in [6, 6.07) is 16.7. The zero-order chi connectivity index (χ0) is 19.6. The van der Waals surface area contributed by atoms with Gasteiger partial charge in [-0.3, -0.25) is 9.36 Å². The lowest BCUT2D eigenvalue weighted by Gasteiger charge is -2.07. The van der Waals surface area contributed by atoms with E-state index in [0.717, 1.165) is 22.5 Å². The first-order valence-corrected chi connectivity index (χ1v) is 9.26. The molecule has 27 heavy (non-hydrogen) atoms. The van der Waals surface area contributed by atoms with Crippen LogP contribution in [0.15, 0.2) is 47.3 Å². The molecule has 0 unspecified atom stereocenters. The number of rotatable bonds is 2. The molecule has 0 fully saturated rings. The minimum Gasteiger partial charge on any atom is -0.267 e. The van der Waals surface area contributed by atoms with Gasteiger partial charge >= 0.3 is 0 Å². The van der Waals surface area contributed by atoms with Gasteiger partial charge in [-0.15, -0.1) is 11.3 Å². The molecular weight excluding hydrogens is 378 g/mol. The molecule has 3 rings (SSSR count). The molecular formula is C21H14ClN3OS. The first kappa shape index (κ1) is 18.7. The fourth-order valence-electron chi connectivity index (χ4n) is 2.74. The number of benzene rings is 2. The van der Waals surface area contributed by atoms with Crippen molar-refractivity contribution in [2.75, 3.05) is 0 Å². The molecule has 0 aliphatic rings. The first-order chi connectivity index (χ1) is 13.0. The quantitative estimate of drug-likeness (QED) is 0.673. The van der Waals surface area contributed by atoms with Gasteiger partial charge in [0.15, 0.2) is 5.57 Å². The second kappa shape index (κ2) is 7.63. The second-order valence-corrected chi connectivity index (χ2v) is 7.39. The SMILES string of the molecule is Cc1cccc(/C=c2\sc(=C(C#N)C#N)n(-c3cccc(Cl)c3C)c2=O)c1. The fourth-order valence-corrected chi connectivity index (χ4v) is 3.96. The number of halogens is 1. The molecule has 1 aromatic heterocycles. The van der Waals surface area contributed by atoms with Crippen LogP contribution in [0.1, 0.15) is 16.7 Å². The first-order valence-electron chi connectivity index (χ1n) is 8.06. The summed E-state index contributed by atoms with van der Waals surface area (Å²) in [6.07, 6.45) is 1.77. The maximum atomic E-state index is 13.1. The van der Waals surface area contributed by atoms with E-state index in [1.54, 1.807) is 31.2 Å². The van der Waals surface area contributed by atoms with E-state index in [0.29, 0.717) is 25.5 Å². The van der Waals surface area contributed by atoms with Gasteiger partial charge in [0.2, 0.25) is 0 Å². The number of aromatic nitrogens is 1. The van der Waals surface area contributed by atoms with Crippen LogP contribution in [0.25, 0.3) is 17.3 Å². The van der Waals surface area contributed by atoms with Gasteiger partial charge in [0.05, 0.1) is 10.2 Å². The number of thiazole rings is 1. The Labute approximate surface area is 165 Å². The Bertz CT molecular complexity index is 1290. The molecule has 0 saturated carbocycles. The summed E-state index contributed by atoms with van der Waals surface area (Å²) in [5.74, 6) is 0. The van der Waals surface area contributed by atoms with E-state index in [9.17, 15) is 15.3 Å². The van der Waals surface area contributed by atoms with Gasteiger partial charge in [-0.1, -0.05) is 47.5 Å².